The van der Waals surface area contributed by atoms with Gasteiger partial charge in [-0.25, -0.2) is 0 Å². The summed E-state index contributed by atoms with van der Waals surface area (Å²) < 4.78 is 14.9. The molecule has 1 nitrogen and oxygen atoms in total. The maximum absolute atomic E-state index is 14.9. The fraction of sp³-hybridized carbons (Fsp3) is 0.0667. The van der Waals surface area contributed by atoms with Gasteiger partial charge in [0.05, 0.1) is 0 Å². The highest BCUT2D eigenvalue weighted by Crippen LogP contribution is 2.63. The van der Waals surface area contributed by atoms with Crippen molar-refractivity contribution < 1.29 is 4.57 Å². The van der Waals surface area contributed by atoms with E-state index in [-0.39, 0.29) is 0 Å². The van der Waals surface area contributed by atoms with Crippen molar-refractivity contribution >= 4 is 23.8 Å². The molecular formula is C30H23OP. The van der Waals surface area contributed by atoms with Gasteiger partial charge in [-0.15, -0.1) is 0 Å². The number of hydrogen-bond acceptors (Lipinski definition) is 1. The van der Waals surface area contributed by atoms with Crippen LogP contribution in [-0.2, 0) is 4.57 Å². The summed E-state index contributed by atoms with van der Waals surface area (Å²) in [5.74, 6) is 3.22. The largest absolute Gasteiger partial charge is 0.300 e. The van der Waals surface area contributed by atoms with E-state index in [1.54, 1.807) is 0 Å². The van der Waals surface area contributed by atoms with Crippen LogP contribution < -0.4 is 5.30 Å². The van der Waals surface area contributed by atoms with Gasteiger partial charge in [0.1, 0.15) is 0 Å². The Morgan fingerprint density at radius 2 is 1.41 bits per heavy atom. The van der Waals surface area contributed by atoms with Gasteiger partial charge in [0.25, 0.3) is 0 Å². The summed E-state index contributed by atoms with van der Waals surface area (Å²) in [6.07, 6.45) is 2.07. The Bertz CT molecular complexity index is 1450. The molecule has 1 unspecified atom stereocenters. The van der Waals surface area contributed by atoms with Gasteiger partial charge in [0.2, 0.25) is 7.14 Å². The van der Waals surface area contributed by atoms with E-state index in [0.717, 1.165) is 44.0 Å². The third kappa shape index (κ3) is 3.54. The quantitative estimate of drug-likeness (QED) is 0.226. The molecule has 0 radical (unpaired) electrons. The zero-order valence-electron chi connectivity index (χ0n) is 18.2. The molecule has 0 amide bonds. The van der Waals surface area contributed by atoms with Gasteiger partial charge in [-0.05, 0) is 71.6 Å². The molecule has 1 atom stereocenters. The van der Waals surface area contributed by atoms with Gasteiger partial charge >= 0.3 is 0 Å². The van der Waals surface area contributed by atoms with Crippen LogP contribution in [0.3, 0.4) is 0 Å². The highest BCUT2D eigenvalue weighted by molar-refractivity contribution is 7.86. The van der Waals surface area contributed by atoms with Crippen LogP contribution in [0.2, 0.25) is 0 Å². The lowest BCUT2D eigenvalue weighted by Crippen LogP contribution is -2.15. The summed E-state index contributed by atoms with van der Waals surface area (Å²) in [4.78, 5) is 0. The fourth-order valence-corrected chi connectivity index (χ4v) is 7.00. The monoisotopic (exact) mass is 430 g/mol. The first-order chi connectivity index (χ1) is 15.6. The Balaban J connectivity index is 1.86. The van der Waals surface area contributed by atoms with Gasteiger partial charge in [0.15, 0.2) is 0 Å². The smallest absolute Gasteiger partial charge is 0.212 e. The first kappa shape index (κ1) is 20.3. The van der Waals surface area contributed by atoms with Crippen molar-refractivity contribution in [3.05, 3.63) is 125 Å². The Kier molecular flexibility index (Phi) is 5.18. The molecular weight excluding hydrogens is 407 g/mol. The van der Waals surface area contributed by atoms with Crippen molar-refractivity contribution in [3.8, 4) is 22.7 Å². The molecule has 2 heteroatoms. The maximum Gasteiger partial charge on any atom is 0.212 e. The minimum atomic E-state index is -3.22. The second-order valence-corrected chi connectivity index (χ2v) is 10.6. The lowest BCUT2D eigenvalue weighted by molar-refractivity contribution is 0.593. The summed E-state index contributed by atoms with van der Waals surface area (Å²) >= 11 is 0. The minimum absolute atomic E-state index is 0.818. The molecule has 154 valence electrons. The van der Waals surface area contributed by atoms with Crippen molar-refractivity contribution in [2.24, 2.45) is 0 Å². The van der Waals surface area contributed by atoms with Gasteiger partial charge in [-0.2, -0.15) is 0 Å². The topological polar surface area (TPSA) is 17.1 Å². The molecule has 0 bridgehead atoms. The second kappa shape index (κ2) is 8.16. The summed E-state index contributed by atoms with van der Waals surface area (Å²) in [6.45, 7) is 4.22. The molecule has 1 aliphatic heterocycles. The first-order valence-corrected chi connectivity index (χ1v) is 12.4. The molecule has 4 aromatic carbocycles. The molecule has 4 aromatic rings. The maximum atomic E-state index is 14.9. The minimum Gasteiger partial charge on any atom is -0.300 e. The van der Waals surface area contributed by atoms with Crippen LogP contribution in [0, 0.1) is 25.4 Å². The molecule has 0 spiro atoms. The van der Waals surface area contributed by atoms with Crippen LogP contribution in [0.5, 0.6) is 0 Å². The molecule has 5 rings (SSSR count). The van der Waals surface area contributed by atoms with E-state index < -0.39 is 7.14 Å². The molecule has 0 saturated heterocycles. The van der Waals surface area contributed by atoms with Crippen molar-refractivity contribution in [2.75, 3.05) is 0 Å². The zero-order chi connectivity index (χ0) is 22.1. The molecule has 1 heterocycles. The standard InChI is InChI=1S/C30H23OP/c1-22-19-23(2)30-27(20-22)26-15-9-10-16-28(26)32(31,18-17-24-11-5-3-6-12-24)29(30)21-25-13-7-4-8-14-25/h3-16,19-21H,1-2H3/b29-21-. The summed E-state index contributed by atoms with van der Waals surface area (Å²) in [7, 11) is -3.22. The number of fused-ring (bicyclic) bond motifs is 3. The summed E-state index contributed by atoms with van der Waals surface area (Å²) in [5, 5.41) is 1.64. The van der Waals surface area contributed by atoms with E-state index in [4.69, 9.17) is 0 Å². The summed E-state index contributed by atoms with van der Waals surface area (Å²) in [5.41, 5.74) is 10.7. The molecule has 0 aromatic heterocycles. The second-order valence-electron chi connectivity index (χ2n) is 8.17. The lowest BCUT2D eigenvalue weighted by Gasteiger charge is -2.29. The van der Waals surface area contributed by atoms with Gasteiger partial charge < -0.3 is 0 Å². The summed E-state index contributed by atoms with van der Waals surface area (Å²) in [6, 6.07) is 32.3. The van der Waals surface area contributed by atoms with Crippen LogP contribution >= 0.6 is 7.14 Å². The highest BCUT2D eigenvalue weighted by atomic mass is 31.2. The SMILES string of the molecule is Cc1cc(C)c2c(c1)-c1ccccc1P(=O)(C#Cc1ccccc1)/C2=C\c1ccccc1. The Labute approximate surface area is 189 Å². The highest BCUT2D eigenvalue weighted by Gasteiger charge is 2.38. The van der Waals surface area contributed by atoms with Crippen LogP contribution in [0.25, 0.3) is 22.5 Å². The van der Waals surface area contributed by atoms with Crippen molar-refractivity contribution in [1.29, 1.82) is 0 Å². The van der Waals surface area contributed by atoms with Gasteiger partial charge in [-0.3, -0.25) is 4.57 Å². The van der Waals surface area contributed by atoms with Crippen LogP contribution in [0.15, 0.2) is 97.1 Å². The van der Waals surface area contributed by atoms with Crippen molar-refractivity contribution in [1.82, 2.24) is 0 Å². The van der Waals surface area contributed by atoms with E-state index in [1.165, 1.54) is 5.56 Å². The number of aryl methyl sites for hydroxylation is 2. The van der Waals surface area contributed by atoms with E-state index in [0.29, 0.717) is 0 Å². The molecule has 32 heavy (non-hydrogen) atoms. The van der Waals surface area contributed by atoms with Crippen LogP contribution in [0.1, 0.15) is 27.8 Å². The molecule has 1 aliphatic rings. The first-order valence-electron chi connectivity index (χ1n) is 10.7. The Morgan fingerprint density at radius 1 is 0.750 bits per heavy atom. The average Bonchev–Trinajstić information content (AvgIpc) is 2.82. The van der Waals surface area contributed by atoms with Gasteiger partial charge in [-0.1, -0.05) is 90.3 Å². The Hall–Kier alpha value is -3.59. The Morgan fingerprint density at radius 3 is 2.16 bits per heavy atom. The van der Waals surface area contributed by atoms with E-state index in [2.05, 4.69) is 49.7 Å². The number of benzene rings is 4. The van der Waals surface area contributed by atoms with E-state index in [9.17, 15) is 4.57 Å². The normalized spacial score (nSPS) is 17.8. The number of hydrogen-bond donors (Lipinski definition) is 0. The average molecular weight is 430 g/mol. The predicted octanol–water partition coefficient (Wildman–Crippen LogP) is 7.48. The third-order valence-electron chi connectivity index (χ3n) is 5.84. The van der Waals surface area contributed by atoms with Crippen molar-refractivity contribution in [2.45, 2.75) is 13.8 Å². The molecule has 0 N–H and O–H groups in total. The van der Waals surface area contributed by atoms with E-state index in [1.807, 2.05) is 78.9 Å². The predicted molar refractivity (Wildman–Crippen MR) is 136 cm³/mol. The van der Waals surface area contributed by atoms with Crippen LogP contribution in [-0.4, -0.2) is 0 Å². The molecule has 0 fully saturated rings. The fourth-order valence-electron chi connectivity index (χ4n) is 4.44. The van der Waals surface area contributed by atoms with Crippen molar-refractivity contribution in [3.63, 3.8) is 0 Å². The zero-order valence-corrected chi connectivity index (χ0v) is 19.1. The number of rotatable bonds is 1. The van der Waals surface area contributed by atoms with Gasteiger partial charge in [0, 0.05) is 16.2 Å². The molecule has 0 aliphatic carbocycles. The van der Waals surface area contributed by atoms with E-state index >= 15 is 0 Å². The molecule has 0 saturated carbocycles. The third-order valence-corrected chi connectivity index (χ3v) is 8.37. The van der Waals surface area contributed by atoms with Crippen LogP contribution in [0.4, 0.5) is 0 Å². The lowest BCUT2D eigenvalue weighted by atomic mass is 9.92.